The molecule has 0 aliphatic carbocycles. The van der Waals surface area contributed by atoms with Crippen LogP contribution in [0, 0.1) is 5.82 Å². The lowest BCUT2D eigenvalue weighted by atomic mass is 9.90. The molecule has 5 rings (SSSR count). The number of methoxy groups -OCH3 is 2. The van der Waals surface area contributed by atoms with Crippen molar-refractivity contribution in [3.05, 3.63) is 46.8 Å². The average Bonchev–Trinajstić information content (AvgIpc) is 2.82. The van der Waals surface area contributed by atoms with Crippen LogP contribution in [0.15, 0.2) is 24.3 Å². The Hall–Kier alpha value is -3.53. The molecule has 0 aromatic heterocycles. The van der Waals surface area contributed by atoms with E-state index in [-0.39, 0.29) is 37.6 Å². The molecule has 1 unspecified atom stereocenters. The van der Waals surface area contributed by atoms with Gasteiger partial charge in [0.05, 0.1) is 32.6 Å². The number of carbonyl (C=O) groups is 2. The van der Waals surface area contributed by atoms with Crippen molar-refractivity contribution >= 4 is 17.6 Å². The van der Waals surface area contributed by atoms with Gasteiger partial charge in [-0.1, -0.05) is 0 Å². The van der Waals surface area contributed by atoms with Crippen molar-refractivity contribution in [1.82, 2.24) is 9.80 Å². The van der Waals surface area contributed by atoms with E-state index in [9.17, 15) is 14.0 Å². The number of amides is 3. The quantitative estimate of drug-likeness (QED) is 0.763. The van der Waals surface area contributed by atoms with Crippen LogP contribution >= 0.6 is 0 Å². The Bertz CT molecular complexity index is 1120. The van der Waals surface area contributed by atoms with Gasteiger partial charge >= 0.3 is 6.03 Å². The summed E-state index contributed by atoms with van der Waals surface area (Å²) in [5.74, 6) is 0.911. The molecule has 9 nitrogen and oxygen atoms in total. The fourth-order valence-electron chi connectivity index (χ4n) is 4.67. The molecule has 1 N–H and O–H groups in total. The third-order valence-corrected chi connectivity index (χ3v) is 6.25. The number of rotatable bonds is 3. The van der Waals surface area contributed by atoms with Crippen LogP contribution in [0.3, 0.4) is 0 Å². The minimum Gasteiger partial charge on any atom is -0.493 e. The van der Waals surface area contributed by atoms with Crippen LogP contribution in [0.5, 0.6) is 17.2 Å². The molecule has 0 spiro atoms. The van der Waals surface area contributed by atoms with Gasteiger partial charge in [-0.3, -0.25) is 4.79 Å². The molecular formula is C23H24FN3O6. The van der Waals surface area contributed by atoms with Crippen molar-refractivity contribution < 1.29 is 32.9 Å². The first-order valence-electron chi connectivity index (χ1n) is 10.6. The molecule has 1 saturated heterocycles. The summed E-state index contributed by atoms with van der Waals surface area (Å²) in [5.41, 5.74) is 2.70. The maximum atomic E-state index is 14.1. The minimum atomic E-state index is -0.513. The molecule has 2 aromatic rings. The molecule has 0 saturated carbocycles. The van der Waals surface area contributed by atoms with Crippen molar-refractivity contribution in [2.75, 3.05) is 46.0 Å². The Balaban J connectivity index is 1.41. The van der Waals surface area contributed by atoms with Crippen LogP contribution in [0.4, 0.5) is 14.9 Å². The molecule has 3 heterocycles. The number of fused-ring (bicyclic) bond motifs is 4. The number of ether oxygens (including phenoxy) is 4. The number of piperazine rings is 1. The third kappa shape index (κ3) is 3.80. The first-order valence-corrected chi connectivity index (χ1v) is 10.6. The topological polar surface area (TPSA) is 89.6 Å². The number of benzene rings is 2. The zero-order valence-electron chi connectivity index (χ0n) is 18.4. The van der Waals surface area contributed by atoms with Crippen LogP contribution < -0.4 is 19.5 Å². The smallest absolute Gasteiger partial charge is 0.322 e. The van der Waals surface area contributed by atoms with Gasteiger partial charge in [-0.15, -0.1) is 0 Å². The van der Waals surface area contributed by atoms with Gasteiger partial charge in [0.2, 0.25) is 5.91 Å². The fourth-order valence-corrected chi connectivity index (χ4v) is 4.67. The highest BCUT2D eigenvalue weighted by Gasteiger charge is 2.39. The number of carbonyl (C=O) groups excluding carboxylic acids is 2. The molecule has 3 aliphatic rings. The Morgan fingerprint density at radius 2 is 1.94 bits per heavy atom. The van der Waals surface area contributed by atoms with Crippen LogP contribution in [0.2, 0.25) is 0 Å². The summed E-state index contributed by atoms with van der Waals surface area (Å²) < 4.78 is 35.6. The second-order valence-corrected chi connectivity index (χ2v) is 8.12. The van der Waals surface area contributed by atoms with Gasteiger partial charge in [0.1, 0.15) is 12.4 Å². The van der Waals surface area contributed by atoms with Gasteiger partial charge < -0.3 is 34.1 Å². The molecule has 0 radical (unpaired) electrons. The van der Waals surface area contributed by atoms with Crippen LogP contribution in [-0.4, -0.2) is 62.4 Å². The van der Waals surface area contributed by atoms with E-state index in [4.69, 9.17) is 18.9 Å². The molecular weight excluding hydrogens is 433 g/mol. The minimum absolute atomic E-state index is 0.0167. The molecule has 10 heteroatoms. The van der Waals surface area contributed by atoms with Crippen molar-refractivity contribution in [1.29, 1.82) is 0 Å². The predicted molar refractivity (Wildman–Crippen MR) is 115 cm³/mol. The number of nitrogens with zero attached hydrogens (tertiary/aromatic N) is 2. The van der Waals surface area contributed by atoms with Gasteiger partial charge in [-0.2, -0.15) is 0 Å². The van der Waals surface area contributed by atoms with Gasteiger partial charge in [0, 0.05) is 24.7 Å². The number of halogens is 1. The molecule has 1 atom stereocenters. The van der Waals surface area contributed by atoms with E-state index in [2.05, 4.69) is 5.32 Å². The first kappa shape index (κ1) is 21.3. The highest BCUT2D eigenvalue weighted by molar-refractivity contribution is 5.94. The molecule has 174 valence electrons. The Kier molecular flexibility index (Phi) is 5.45. The number of hydrogen-bond acceptors (Lipinski definition) is 6. The maximum absolute atomic E-state index is 14.1. The standard InChI is InChI=1S/C23H24FN3O6/c1-30-19-6-13-3-4-27-18(16(13)8-20(19)31-2)9-26(10-21(27)28)23(29)25-17-7-15(24)5-14-11-32-12-33-22(14)17/h5-8,18H,3-4,9-12H2,1-2H3,(H,25,29). The lowest BCUT2D eigenvalue weighted by Gasteiger charge is -2.44. The number of nitrogens with one attached hydrogen (secondary N) is 1. The molecule has 3 aliphatic heterocycles. The van der Waals surface area contributed by atoms with Crippen molar-refractivity contribution in [3.63, 3.8) is 0 Å². The molecule has 33 heavy (non-hydrogen) atoms. The van der Waals surface area contributed by atoms with Crippen molar-refractivity contribution in [2.45, 2.75) is 19.1 Å². The van der Waals surface area contributed by atoms with E-state index in [1.807, 2.05) is 12.1 Å². The van der Waals surface area contributed by atoms with E-state index < -0.39 is 11.8 Å². The molecule has 2 aromatic carbocycles. The molecule has 1 fully saturated rings. The van der Waals surface area contributed by atoms with E-state index >= 15 is 0 Å². The summed E-state index contributed by atoms with van der Waals surface area (Å²) in [7, 11) is 3.14. The monoisotopic (exact) mass is 457 g/mol. The Morgan fingerprint density at radius 3 is 2.73 bits per heavy atom. The average molecular weight is 457 g/mol. The first-order chi connectivity index (χ1) is 16.0. The maximum Gasteiger partial charge on any atom is 0.322 e. The normalized spacial score (nSPS) is 19.1. The fraction of sp³-hybridized carbons (Fsp3) is 0.391. The van der Waals surface area contributed by atoms with Crippen LogP contribution in [-0.2, 0) is 22.6 Å². The lowest BCUT2D eigenvalue weighted by Crippen LogP contribution is -2.56. The van der Waals surface area contributed by atoms with Gasteiger partial charge in [-0.05, 0) is 35.7 Å². The van der Waals surface area contributed by atoms with E-state index in [1.165, 1.54) is 17.0 Å². The number of urea groups is 1. The van der Waals surface area contributed by atoms with Crippen molar-refractivity contribution in [2.24, 2.45) is 0 Å². The van der Waals surface area contributed by atoms with Gasteiger partial charge in [-0.25, -0.2) is 9.18 Å². The highest BCUT2D eigenvalue weighted by Crippen LogP contribution is 2.40. The number of anilines is 1. The SMILES string of the molecule is COc1cc2c(cc1OC)C1CN(C(=O)Nc3cc(F)cc4c3OCOC4)CC(=O)N1CC2. The summed E-state index contributed by atoms with van der Waals surface area (Å²) >= 11 is 0. The lowest BCUT2D eigenvalue weighted by molar-refractivity contribution is -0.139. The Labute approximate surface area is 189 Å². The highest BCUT2D eigenvalue weighted by atomic mass is 19.1. The summed E-state index contributed by atoms with van der Waals surface area (Å²) in [6.07, 6.45) is 0.693. The second-order valence-electron chi connectivity index (χ2n) is 8.12. The van der Waals surface area contributed by atoms with Gasteiger partial charge in [0.15, 0.2) is 24.0 Å². The molecule has 0 bridgehead atoms. The Morgan fingerprint density at radius 1 is 1.15 bits per heavy atom. The largest absolute Gasteiger partial charge is 0.493 e. The summed E-state index contributed by atoms with van der Waals surface area (Å²) in [6.45, 7) is 1.00. The van der Waals surface area contributed by atoms with Crippen LogP contribution in [0.1, 0.15) is 22.7 Å². The summed E-state index contributed by atoms with van der Waals surface area (Å²) in [4.78, 5) is 29.3. The van der Waals surface area contributed by atoms with E-state index in [0.29, 0.717) is 42.3 Å². The van der Waals surface area contributed by atoms with Crippen molar-refractivity contribution in [3.8, 4) is 17.2 Å². The van der Waals surface area contributed by atoms with E-state index in [0.717, 1.165) is 11.1 Å². The second kappa shape index (κ2) is 8.43. The summed E-state index contributed by atoms with van der Waals surface area (Å²) in [5, 5.41) is 2.71. The zero-order valence-corrected chi connectivity index (χ0v) is 18.4. The van der Waals surface area contributed by atoms with Gasteiger partial charge in [0.25, 0.3) is 0 Å². The van der Waals surface area contributed by atoms with E-state index in [1.54, 1.807) is 19.1 Å². The van der Waals surface area contributed by atoms with Crippen LogP contribution in [0.25, 0.3) is 0 Å². The third-order valence-electron chi connectivity index (χ3n) is 6.25. The number of hydrogen-bond donors (Lipinski definition) is 1. The molecule has 3 amide bonds. The summed E-state index contributed by atoms with van der Waals surface area (Å²) in [6, 6.07) is 5.49. The zero-order chi connectivity index (χ0) is 23.1. The predicted octanol–water partition coefficient (Wildman–Crippen LogP) is 2.68.